The summed E-state index contributed by atoms with van der Waals surface area (Å²) in [4.78, 5) is 0. The Morgan fingerprint density at radius 3 is 1.62 bits per heavy atom. The van der Waals surface area contributed by atoms with Crippen molar-refractivity contribution in [3.8, 4) is 6.07 Å². The number of halogens is 2. The smallest absolute Gasteiger partial charge is 0.161 e. The monoisotopic (exact) mass is 335 g/mol. The van der Waals surface area contributed by atoms with Gasteiger partial charge in [0, 0.05) is 0 Å². The fourth-order valence-corrected chi connectivity index (χ4v) is 1.33. The van der Waals surface area contributed by atoms with Crippen LogP contribution in [0.1, 0.15) is 58.2 Å². The Morgan fingerprint density at radius 1 is 0.792 bits per heavy atom. The molecule has 0 bridgehead atoms. The first-order valence-electron chi connectivity index (χ1n) is 8.42. The van der Waals surface area contributed by atoms with Crippen molar-refractivity contribution in [3.63, 3.8) is 0 Å². The number of nitrogens with zero attached hydrogens (tertiary/aromatic N) is 1. The zero-order valence-electron chi connectivity index (χ0n) is 16.2. The first kappa shape index (κ1) is 26.7. The fraction of sp³-hybridized carbons (Fsp3) is 0.381. The standard InChI is InChI=1S/C8H7N.C7H6F2.3C2H6/c1-7-3-2-4-8(5-7)6-9;1-5-3-2-4-6(8)7(5)9;3*1-2/h2-5H,1H3;2-4H,1H3;3*1-2H3. The van der Waals surface area contributed by atoms with Gasteiger partial charge in [0.25, 0.3) is 0 Å². The molecular formula is C21H31F2N. The third kappa shape index (κ3) is 12.3. The van der Waals surface area contributed by atoms with Crippen LogP contribution in [-0.4, -0.2) is 0 Å². The van der Waals surface area contributed by atoms with Crippen LogP contribution in [0.15, 0.2) is 42.5 Å². The molecule has 0 unspecified atom stereocenters. The first-order valence-corrected chi connectivity index (χ1v) is 8.42. The Labute approximate surface area is 147 Å². The molecular weight excluding hydrogens is 304 g/mol. The van der Waals surface area contributed by atoms with Crippen molar-refractivity contribution in [1.82, 2.24) is 0 Å². The maximum absolute atomic E-state index is 12.4. The number of aryl methyl sites for hydroxylation is 2. The largest absolute Gasteiger partial charge is 0.204 e. The summed E-state index contributed by atoms with van der Waals surface area (Å²) in [5, 5.41) is 8.41. The molecule has 0 amide bonds. The Balaban J connectivity index is -0.000000281. The zero-order chi connectivity index (χ0) is 19.5. The maximum Gasteiger partial charge on any atom is 0.161 e. The molecule has 0 aromatic heterocycles. The van der Waals surface area contributed by atoms with Gasteiger partial charge in [-0.3, -0.25) is 0 Å². The quantitative estimate of drug-likeness (QED) is 0.498. The van der Waals surface area contributed by atoms with Crippen LogP contribution >= 0.6 is 0 Å². The lowest BCUT2D eigenvalue weighted by molar-refractivity contribution is 0.503. The van der Waals surface area contributed by atoms with Crippen LogP contribution in [-0.2, 0) is 0 Å². The summed E-state index contributed by atoms with van der Waals surface area (Å²) in [5.74, 6) is -1.53. The molecule has 0 N–H and O–H groups in total. The van der Waals surface area contributed by atoms with Crippen molar-refractivity contribution in [1.29, 1.82) is 5.26 Å². The second-order valence-electron chi connectivity index (χ2n) is 3.85. The minimum Gasteiger partial charge on any atom is -0.204 e. The van der Waals surface area contributed by atoms with E-state index >= 15 is 0 Å². The van der Waals surface area contributed by atoms with E-state index in [1.54, 1.807) is 6.07 Å². The Hall–Kier alpha value is -2.21. The molecule has 0 aliphatic heterocycles. The van der Waals surface area contributed by atoms with Gasteiger partial charge < -0.3 is 0 Å². The second-order valence-corrected chi connectivity index (χ2v) is 3.85. The Morgan fingerprint density at radius 2 is 1.29 bits per heavy atom. The molecule has 0 radical (unpaired) electrons. The van der Waals surface area contributed by atoms with Gasteiger partial charge in [-0.15, -0.1) is 0 Å². The summed E-state index contributed by atoms with van der Waals surface area (Å²) in [6.07, 6.45) is 0. The maximum atomic E-state index is 12.4. The fourth-order valence-electron chi connectivity index (χ4n) is 1.33. The summed E-state index contributed by atoms with van der Waals surface area (Å²) >= 11 is 0. The summed E-state index contributed by atoms with van der Waals surface area (Å²) < 4.78 is 24.6. The molecule has 2 aromatic rings. The van der Waals surface area contributed by atoms with Crippen molar-refractivity contribution in [2.24, 2.45) is 0 Å². The van der Waals surface area contributed by atoms with Gasteiger partial charge in [0.2, 0.25) is 0 Å². The van der Waals surface area contributed by atoms with Gasteiger partial charge in [0.1, 0.15) is 0 Å². The van der Waals surface area contributed by atoms with E-state index in [0.717, 1.165) is 17.2 Å². The van der Waals surface area contributed by atoms with Crippen molar-refractivity contribution in [3.05, 3.63) is 70.8 Å². The Kier molecular flexibility index (Phi) is 20.9. The lowest BCUT2D eigenvalue weighted by atomic mass is 10.2. The van der Waals surface area contributed by atoms with E-state index < -0.39 is 11.6 Å². The summed E-state index contributed by atoms with van der Waals surface area (Å²) in [7, 11) is 0. The van der Waals surface area contributed by atoms with E-state index in [9.17, 15) is 8.78 Å². The topological polar surface area (TPSA) is 23.8 Å². The van der Waals surface area contributed by atoms with E-state index in [2.05, 4.69) is 6.07 Å². The van der Waals surface area contributed by atoms with Crippen molar-refractivity contribution < 1.29 is 8.78 Å². The highest BCUT2D eigenvalue weighted by Crippen LogP contribution is 2.08. The van der Waals surface area contributed by atoms with Crippen LogP contribution in [0.3, 0.4) is 0 Å². The highest BCUT2D eigenvalue weighted by Gasteiger charge is 2.00. The summed E-state index contributed by atoms with van der Waals surface area (Å²) in [5.41, 5.74) is 2.21. The van der Waals surface area contributed by atoms with Crippen molar-refractivity contribution in [2.45, 2.75) is 55.4 Å². The molecule has 0 heterocycles. The second kappa shape index (κ2) is 18.8. The zero-order valence-corrected chi connectivity index (χ0v) is 16.2. The van der Waals surface area contributed by atoms with E-state index in [1.807, 2.05) is 66.7 Å². The van der Waals surface area contributed by atoms with Crippen molar-refractivity contribution >= 4 is 0 Å². The van der Waals surface area contributed by atoms with Crippen LogP contribution < -0.4 is 0 Å². The lowest BCUT2D eigenvalue weighted by Crippen LogP contribution is -1.85. The number of nitriles is 1. The molecule has 0 spiro atoms. The van der Waals surface area contributed by atoms with Gasteiger partial charge >= 0.3 is 0 Å². The Bertz CT molecular complexity index is 552. The molecule has 1 nitrogen and oxygen atoms in total. The molecule has 3 heteroatoms. The molecule has 2 rings (SSSR count). The van der Waals surface area contributed by atoms with Crippen LogP contribution in [0.5, 0.6) is 0 Å². The minimum absolute atomic E-state index is 0.343. The van der Waals surface area contributed by atoms with Crippen LogP contribution in [0.25, 0.3) is 0 Å². The van der Waals surface area contributed by atoms with E-state index in [1.165, 1.54) is 19.1 Å². The molecule has 0 fully saturated rings. The average molecular weight is 335 g/mol. The van der Waals surface area contributed by atoms with Crippen LogP contribution in [0.2, 0.25) is 0 Å². The van der Waals surface area contributed by atoms with Gasteiger partial charge in [-0.05, 0) is 43.2 Å². The first-order chi connectivity index (χ1) is 11.5. The van der Waals surface area contributed by atoms with Gasteiger partial charge in [-0.25, -0.2) is 8.78 Å². The average Bonchev–Trinajstić information content (AvgIpc) is 2.65. The molecule has 24 heavy (non-hydrogen) atoms. The van der Waals surface area contributed by atoms with E-state index in [-0.39, 0.29) is 0 Å². The third-order valence-electron chi connectivity index (χ3n) is 2.29. The molecule has 134 valence electrons. The molecule has 0 aliphatic rings. The highest BCUT2D eigenvalue weighted by atomic mass is 19.2. The number of rotatable bonds is 0. The molecule has 0 saturated carbocycles. The van der Waals surface area contributed by atoms with Crippen LogP contribution in [0.4, 0.5) is 8.78 Å². The predicted molar refractivity (Wildman–Crippen MR) is 101 cm³/mol. The number of hydrogen-bond donors (Lipinski definition) is 0. The van der Waals surface area contributed by atoms with Gasteiger partial charge in [-0.2, -0.15) is 5.26 Å². The predicted octanol–water partition coefficient (Wildman–Crippen LogP) is 7.22. The third-order valence-corrected chi connectivity index (χ3v) is 2.29. The minimum atomic E-state index is -0.782. The molecule has 0 aliphatic carbocycles. The molecule has 0 saturated heterocycles. The molecule has 2 aromatic carbocycles. The van der Waals surface area contributed by atoms with E-state index in [4.69, 9.17) is 5.26 Å². The van der Waals surface area contributed by atoms with Gasteiger partial charge in [0.05, 0.1) is 11.6 Å². The van der Waals surface area contributed by atoms with Gasteiger partial charge in [0.15, 0.2) is 11.6 Å². The summed E-state index contributed by atoms with van der Waals surface area (Å²) in [6, 6.07) is 13.7. The number of hydrogen-bond acceptors (Lipinski definition) is 1. The van der Waals surface area contributed by atoms with Crippen LogP contribution in [0, 0.1) is 36.8 Å². The lowest BCUT2D eigenvalue weighted by Gasteiger charge is -1.93. The molecule has 0 atom stereocenters. The van der Waals surface area contributed by atoms with Crippen molar-refractivity contribution in [2.75, 3.05) is 0 Å². The normalized spacial score (nSPS) is 7.54. The SMILES string of the molecule is CC.CC.CC.Cc1cccc(C#N)c1.Cc1cccc(F)c1F. The van der Waals surface area contributed by atoms with Gasteiger partial charge in [-0.1, -0.05) is 65.8 Å². The summed E-state index contributed by atoms with van der Waals surface area (Å²) in [6.45, 7) is 15.5. The number of benzene rings is 2. The highest BCUT2D eigenvalue weighted by molar-refractivity contribution is 5.31. The van der Waals surface area contributed by atoms with E-state index in [0.29, 0.717) is 5.56 Å².